The minimum absolute atomic E-state index is 0.0176. The fourth-order valence-corrected chi connectivity index (χ4v) is 3.77. The summed E-state index contributed by atoms with van der Waals surface area (Å²) in [6.45, 7) is 1.84. The van der Waals surface area contributed by atoms with Gasteiger partial charge in [-0.25, -0.2) is 0 Å². The molecule has 2 N–H and O–H groups in total. The van der Waals surface area contributed by atoms with Gasteiger partial charge in [0.2, 0.25) is 0 Å². The van der Waals surface area contributed by atoms with Crippen LogP contribution in [0, 0.1) is 11.7 Å². The maximum atomic E-state index is 13.1. The smallest absolute Gasteiger partial charge is 0.331 e. The van der Waals surface area contributed by atoms with E-state index in [2.05, 4.69) is 10.3 Å². The number of alkyl halides is 3. The number of rotatable bonds is 3. The van der Waals surface area contributed by atoms with E-state index in [0.717, 1.165) is 22.3 Å². The second-order valence-corrected chi connectivity index (χ2v) is 8.09. The fourth-order valence-electron chi connectivity index (χ4n) is 3.29. The van der Waals surface area contributed by atoms with Gasteiger partial charge in [-0.05, 0) is 73.2 Å². The van der Waals surface area contributed by atoms with E-state index in [1.165, 1.54) is 30.3 Å². The molecule has 33 heavy (non-hydrogen) atoms. The average molecular weight is 490 g/mol. The lowest BCUT2D eigenvalue weighted by Gasteiger charge is -2.12. The number of hydrogen-bond donors (Lipinski definition) is 2. The van der Waals surface area contributed by atoms with Crippen LogP contribution in [-0.2, 0) is 6.18 Å². The molecule has 0 radical (unpaired) electrons. The first-order valence-corrected chi connectivity index (χ1v) is 10.4. The van der Waals surface area contributed by atoms with Gasteiger partial charge in [0, 0.05) is 16.3 Å². The van der Waals surface area contributed by atoms with Crippen LogP contribution in [0.5, 0.6) is 0 Å². The summed E-state index contributed by atoms with van der Waals surface area (Å²) in [6, 6.07) is 13.7. The summed E-state index contributed by atoms with van der Waals surface area (Å²) in [7, 11) is 0. The van der Waals surface area contributed by atoms with Crippen molar-refractivity contribution in [1.82, 2.24) is 9.55 Å². The van der Waals surface area contributed by atoms with Crippen LogP contribution in [-0.4, -0.2) is 15.5 Å². The van der Waals surface area contributed by atoms with Gasteiger partial charge in [0.15, 0.2) is 4.77 Å². The highest BCUT2D eigenvalue weighted by molar-refractivity contribution is 7.71. The van der Waals surface area contributed by atoms with Crippen LogP contribution < -0.4 is 10.9 Å². The lowest BCUT2D eigenvalue weighted by Crippen LogP contribution is -2.21. The van der Waals surface area contributed by atoms with E-state index in [0.29, 0.717) is 10.7 Å². The van der Waals surface area contributed by atoms with Crippen LogP contribution in [0.15, 0.2) is 65.5 Å². The predicted octanol–water partition coefficient (Wildman–Crippen LogP) is 6.28. The maximum absolute atomic E-state index is 13.1. The van der Waals surface area contributed by atoms with Crippen LogP contribution in [0.1, 0.15) is 21.5 Å². The Balaban J connectivity index is 1.74. The van der Waals surface area contributed by atoms with Crippen LogP contribution in [0.2, 0.25) is 5.02 Å². The first-order chi connectivity index (χ1) is 15.5. The molecule has 3 aromatic carbocycles. The standard InChI is InChI=1S/C23H15ClF3N3O2S/c1-12-5-7-15(11-18(12)24)28-20(31)13-6-8-17-19(9-13)29-22(33)30(21(17)32)16-4-2-3-14(10-16)23(25,26)27/h2-11H,1H3,(H,28,31)(H,29,33). The minimum atomic E-state index is -4.56. The molecule has 0 bridgehead atoms. The Labute approximate surface area is 195 Å². The number of fused-ring (bicyclic) bond motifs is 1. The molecule has 0 aliphatic heterocycles. The van der Waals surface area contributed by atoms with E-state index in [1.807, 2.05) is 6.92 Å². The van der Waals surface area contributed by atoms with E-state index >= 15 is 0 Å². The Hall–Kier alpha value is -3.43. The fraction of sp³-hybridized carbons (Fsp3) is 0.0870. The molecule has 4 rings (SSSR count). The molecule has 0 aliphatic carbocycles. The Morgan fingerprint density at radius 2 is 1.85 bits per heavy atom. The molecule has 0 saturated heterocycles. The summed E-state index contributed by atoms with van der Waals surface area (Å²) in [6.07, 6.45) is -4.56. The molecule has 168 valence electrons. The lowest BCUT2D eigenvalue weighted by atomic mass is 10.1. The van der Waals surface area contributed by atoms with Crippen molar-refractivity contribution in [3.05, 3.63) is 97.5 Å². The molecule has 1 amide bonds. The van der Waals surface area contributed by atoms with Crippen molar-refractivity contribution in [3.8, 4) is 5.69 Å². The number of aromatic nitrogens is 2. The number of hydrogen-bond acceptors (Lipinski definition) is 3. The summed E-state index contributed by atoms with van der Waals surface area (Å²) >= 11 is 11.3. The zero-order valence-corrected chi connectivity index (χ0v) is 18.5. The van der Waals surface area contributed by atoms with Crippen molar-refractivity contribution >= 4 is 46.3 Å². The first-order valence-electron chi connectivity index (χ1n) is 9.59. The SMILES string of the molecule is Cc1ccc(NC(=O)c2ccc3c(=O)n(-c4cccc(C(F)(F)F)c4)c(=S)[nH]c3c2)cc1Cl. The van der Waals surface area contributed by atoms with Crippen molar-refractivity contribution in [1.29, 1.82) is 0 Å². The third kappa shape index (κ3) is 4.55. The Bertz CT molecular complexity index is 1530. The molecule has 0 saturated carbocycles. The number of carbonyl (C=O) groups excluding carboxylic acids is 1. The highest BCUT2D eigenvalue weighted by Gasteiger charge is 2.30. The monoisotopic (exact) mass is 489 g/mol. The van der Waals surface area contributed by atoms with E-state index in [1.54, 1.807) is 18.2 Å². The molecule has 1 heterocycles. The van der Waals surface area contributed by atoms with Crippen LogP contribution in [0.25, 0.3) is 16.6 Å². The number of anilines is 1. The number of nitrogens with zero attached hydrogens (tertiary/aromatic N) is 1. The van der Waals surface area contributed by atoms with Gasteiger partial charge in [-0.3, -0.25) is 14.2 Å². The van der Waals surface area contributed by atoms with Crippen LogP contribution in [0.3, 0.4) is 0 Å². The summed E-state index contributed by atoms with van der Waals surface area (Å²) in [4.78, 5) is 28.5. The topological polar surface area (TPSA) is 66.9 Å². The van der Waals surface area contributed by atoms with Gasteiger partial charge < -0.3 is 10.3 Å². The molecule has 10 heteroatoms. The van der Waals surface area contributed by atoms with Gasteiger partial charge in [0.05, 0.1) is 22.2 Å². The Morgan fingerprint density at radius 3 is 2.55 bits per heavy atom. The van der Waals surface area contributed by atoms with Crippen molar-refractivity contribution in [2.75, 3.05) is 5.32 Å². The van der Waals surface area contributed by atoms with Gasteiger partial charge in [-0.1, -0.05) is 23.7 Å². The maximum Gasteiger partial charge on any atom is 0.416 e. The number of amides is 1. The highest BCUT2D eigenvalue weighted by atomic mass is 35.5. The molecule has 1 aromatic heterocycles. The number of aryl methyl sites for hydroxylation is 1. The second-order valence-electron chi connectivity index (χ2n) is 7.30. The van der Waals surface area contributed by atoms with Gasteiger partial charge >= 0.3 is 6.18 Å². The minimum Gasteiger partial charge on any atom is -0.331 e. The summed E-state index contributed by atoms with van der Waals surface area (Å²) in [5, 5.41) is 3.39. The van der Waals surface area contributed by atoms with E-state index < -0.39 is 23.2 Å². The van der Waals surface area contributed by atoms with Crippen LogP contribution >= 0.6 is 23.8 Å². The zero-order chi connectivity index (χ0) is 23.9. The molecule has 4 aromatic rings. The molecule has 5 nitrogen and oxygen atoms in total. The molecule has 0 atom stereocenters. The van der Waals surface area contributed by atoms with E-state index in [-0.39, 0.29) is 26.9 Å². The number of halogens is 4. The summed E-state index contributed by atoms with van der Waals surface area (Å²) in [5.74, 6) is -0.432. The Kier molecular flexibility index (Phi) is 5.85. The lowest BCUT2D eigenvalue weighted by molar-refractivity contribution is -0.137. The average Bonchev–Trinajstić information content (AvgIpc) is 2.75. The zero-order valence-electron chi connectivity index (χ0n) is 17.0. The number of aromatic amines is 1. The van der Waals surface area contributed by atoms with Gasteiger partial charge in [0.1, 0.15) is 0 Å². The normalized spacial score (nSPS) is 11.5. The predicted molar refractivity (Wildman–Crippen MR) is 124 cm³/mol. The van der Waals surface area contributed by atoms with Crippen molar-refractivity contribution < 1.29 is 18.0 Å². The molecular formula is C23H15ClF3N3O2S. The largest absolute Gasteiger partial charge is 0.416 e. The van der Waals surface area contributed by atoms with Gasteiger partial charge in [-0.2, -0.15) is 13.2 Å². The van der Waals surface area contributed by atoms with Crippen molar-refractivity contribution in [2.45, 2.75) is 13.1 Å². The molecule has 0 spiro atoms. The highest BCUT2D eigenvalue weighted by Crippen LogP contribution is 2.30. The quantitative estimate of drug-likeness (QED) is 0.333. The van der Waals surface area contributed by atoms with Gasteiger partial charge in [0.25, 0.3) is 11.5 Å². The third-order valence-corrected chi connectivity index (χ3v) is 5.71. The molecule has 0 fully saturated rings. The van der Waals surface area contributed by atoms with E-state index in [9.17, 15) is 22.8 Å². The number of H-pyrrole nitrogens is 1. The number of benzene rings is 3. The van der Waals surface area contributed by atoms with Crippen molar-refractivity contribution in [2.24, 2.45) is 0 Å². The molecule has 0 unspecified atom stereocenters. The second kappa shape index (κ2) is 8.49. The van der Waals surface area contributed by atoms with Crippen molar-refractivity contribution in [3.63, 3.8) is 0 Å². The van der Waals surface area contributed by atoms with Crippen LogP contribution in [0.4, 0.5) is 18.9 Å². The first kappa shape index (κ1) is 22.8. The van der Waals surface area contributed by atoms with E-state index in [4.69, 9.17) is 23.8 Å². The summed E-state index contributed by atoms with van der Waals surface area (Å²) < 4.78 is 40.2. The number of carbonyl (C=O) groups is 1. The van der Waals surface area contributed by atoms with Gasteiger partial charge in [-0.15, -0.1) is 0 Å². The molecule has 0 aliphatic rings. The molecular weight excluding hydrogens is 475 g/mol. The third-order valence-electron chi connectivity index (χ3n) is 5.02. The Morgan fingerprint density at radius 1 is 1.09 bits per heavy atom. The number of nitrogens with one attached hydrogen (secondary N) is 2. The summed E-state index contributed by atoms with van der Waals surface area (Å²) in [5.41, 5.74) is 0.378.